The molecular formula is C22H28O3Si. The van der Waals surface area contributed by atoms with Crippen LogP contribution in [0.25, 0.3) is 0 Å². The average molecular weight is 369 g/mol. The second-order valence-electron chi connectivity index (χ2n) is 7.98. The first kappa shape index (κ1) is 19.0. The number of rotatable bonds is 5. The third-order valence-electron chi connectivity index (χ3n) is 5.13. The minimum atomic E-state index is -2.52. The van der Waals surface area contributed by atoms with E-state index in [0.717, 1.165) is 6.42 Å². The van der Waals surface area contributed by atoms with Crippen molar-refractivity contribution >= 4 is 24.5 Å². The van der Waals surface area contributed by atoms with E-state index >= 15 is 0 Å². The maximum absolute atomic E-state index is 11.5. The lowest BCUT2D eigenvalue weighted by molar-refractivity contribution is -0.132. The summed E-state index contributed by atoms with van der Waals surface area (Å²) in [5.41, 5.74) is 0. The summed E-state index contributed by atoms with van der Waals surface area (Å²) in [7, 11) is -2.52. The second kappa shape index (κ2) is 7.87. The van der Waals surface area contributed by atoms with Gasteiger partial charge in [-0.05, 0) is 21.8 Å². The summed E-state index contributed by atoms with van der Waals surface area (Å²) in [4.78, 5) is 11.5. The number of Topliss-reactive ketones (excluding diaryl/α,β-unsaturated/α-hetero) is 1. The monoisotopic (exact) mass is 368 g/mol. The zero-order valence-electron chi connectivity index (χ0n) is 15.9. The Bertz CT molecular complexity index is 673. The Kier molecular flexibility index (Phi) is 5.75. The summed E-state index contributed by atoms with van der Waals surface area (Å²) in [5.74, 6) is 0.187. The molecule has 1 saturated heterocycles. The summed E-state index contributed by atoms with van der Waals surface area (Å²) in [5, 5.41) is 2.50. The smallest absolute Gasteiger partial charge is 0.261 e. The molecule has 26 heavy (non-hydrogen) atoms. The molecule has 0 aromatic heterocycles. The molecule has 0 spiro atoms. The van der Waals surface area contributed by atoms with Gasteiger partial charge >= 0.3 is 0 Å². The standard InChI is InChI=1S/C22H28O3Si/c1-22(2,3)26(20-10-6-4-7-11-20,21-12-8-5-9-13-21)25-17-19-15-14-18(23)16-24-19/h4-13,19H,14-17H2,1-3H3/t19-/m1/s1. The number of hydrogen-bond donors (Lipinski definition) is 0. The average Bonchev–Trinajstić information content (AvgIpc) is 2.64. The van der Waals surface area contributed by atoms with Crippen molar-refractivity contribution in [2.45, 2.75) is 44.8 Å². The molecule has 1 atom stereocenters. The first-order chi connectivity index (χ1) is 12.4. The number of carbonyl (C=O) groups is 1. The van der Waals surface area contributed by atoms with E-state index in [4.69, 9.17) is 9.16 Å². The van der Waals surface area contributed by atoms with E-state index < -0.39 is 8.32 Å². The van der Waals surface area contributed by atoms with Crippen LogP contribution in [0.1, 0.15) is 33.6 Å². The van der Waals surface area contributed by atoms with Crippen molar-refractivity contribution in [2.75, 3.05) is 13.2 Å². The van der Waals surface area contributed by atoms with Crippen LogP contribution in [-0.4, -0.2) is 33.4 Å². The highest BCUT2D eigenvalue weighted by Gasteiger charge is 2.50. The van der Waals surface area contributed by atoms with E-state index in [1.807, 2.05) is 12.1 Å². The van der Waals surface area contributed by atoms with E-state index in [-0.39, 0.29) is 23.5 Å². The van der Waals surface area contributed by atoms with Crippen molar-refractivity contribution in [3.8, 4) is 0 Å². The van der Waals surface area contributed by atoms with Crippen LogP contribution in [0.4, 0.5) is 0 Å². The van der Waals surface area contributed by atoms with Crippen molar-refractivity contribution < 1.29 is 14.0 Å². The predicted molar refractivity (Wildman–Crippen MR) is 108 cm³/mol. The Labute approximate surface area is 157 Å². The van der Waals surface area contributed by atoms with E-state index in [1.54, 1.807) is 0 Å². The third kappa shape index (κ3) is 3.82. The zero-order chi connectivity index (χ0) is 18.6. The lowest BCUT2D eigenvalue weighted by Crippen LogP contribution is -2.67. The minimum Gasteiger partial charge on any atom is -0.405 e. The summed E-state index contributed by atoms with van der Waals surface area (Å²) in [6, 6.07) is 21.2. The Morgan fingerprint density at radius 2 is 1.54 bits per heavy atom. The van der Waals surface area contributed by atoms with Gasteiger partial charge in [-0.1, -0.05) is 81.4 Å². The maximum Gasteiger partial charge on any atom is 0.261 e. The van der Waals surface area contributed by atoms with Gasteiger partial charge in [0.05, 0.1) is 12.7 Å². The Balaban J connectivity index is 1.99. The highest BCUT2D eigenvalue weighted by Crippen LogP contribution is 2.37. The first-order valence-electron chi connectivity index (χ1n) is 9.32. The van der Waals surface area contributed by atoms with Crippen molar-refractivity contribution in [3.05, 3.63) is 60.7 Å². The quantitative estimate of drug-likeness (QED) is 0.760. The number of ether oxygens (including phenoxy) is 1. The second-order valence-corrected chi connectivity index (χ2v) is 12.3. The molecule has 2 aromatic rings. The highest BCUT2D eigenvalue weighted by atomic mass is 28.4. The van der Waals surface area contributed by atoms with Gasteiger partial charge in [0.1, 0.15) is 6.61 Å². The van der Waals surface area contributed by atoms with Crippen molar-refractivity contribution in [1.82, 2.24) is 0 Å². The van der Waals surface area contributed by atoms with Crippen LogP contribution < -0.4 is 10.4 Å². The highest BCUT2D eigenvalue weighted by molar-refractivity contribution is 6.99. The van der Waals surface area contributed by atoms with Gasteiger partial charge in [0, 0.05) is 6.42 Å². The zero-order valence-corrected chi connectivity index (χ0v) is 16.9. The third-order valence-corrected chi connectivity index (χ3v) is 10.1. The van der Waals surface area contributed by atoms with Gasteiger partial charge in [-0.25, -0.2) is 0 Å². The molecule has 0 N–H and O–H groups in total. The molecule has 1 heterocycles. The van der Waals surface area contributed by atoms with Gasteiger partial charge in [0.15, 0.2) is 5.78 Å². The van der Waals surface area contributed by atoms with Crippen LogP contribution in [-0.2, 0) is 14.0 Å². The van der Waals surface area contributed by atoms with Gasteiger partial charge < -0.3 is 9.16 Å². The molecule has 0 bridgehead atoms. The van der Waals surface area contributed by atoms with Gasteiger partial charge in [-0.15, -0.1) is 0 Å². The summed E-state index contributed by atoms with van der Waals surface area (Å²) >= 11 is 0. The fraction of sp³-hybridized carbons (Fsp3) is 0.409. The Morgan fingerprint density at radius 1 is 1.00 bits per heavy atom. The van der Waals surface area contributed by atoms with Gasteiger partial charge in [0.2, 0.25) is 0 Å². The van der Waals surface area contributed by atoms with Crippen molar-refractivity contribution in [1.29, 1.82) is 0 Å². The SMILES string of the molecule is CC(C)(C)[Si](OC[C@H]1CCC(=O)CO1)(c1ccccc1)c1ccccc1. The number of benzene rings is 2. The minimum absolute atomic E-state index is 0.00523. The lowest BCUT2D eigenvalue weighted by atomic mass is 10.1. The predicted octanol–water partition coefficient (Wildman–Crippen LogP) is 3.31. The van der Waals surface area contributed by atoms with E-state index in [0.29, 0.717) is 13.0 Å². The van der Waals surface area contributed by atoms with Crippen LogP contribution in [0, 0.1) is 0 Å². The van der Waals surface area contributed by atoms with E-state index in [2.05, 4.69) is 69.3 Å². The fourth-order valence-electron chi connectivity index (χ4n) is 3.80. The molecule has 2 aromatic carbocycles. The molecule has 1 aliphatic heterocycles. The summed E-state index contributed by atoms with van der Waals surface area (Å²) < 4.78 is 12.6. The van der Waals surface area contributed by atoms with Gasteiger partial charge in [-0.3, -0.25) is 4.79 Å². The molecule has 138 valence electrons. The maximum atomic E-state index is 11.5. The van der Waals surface area contributed by atoms with Gasteiger partial charge in [0.25, 0.3) is 8.32 Å². The molecule has 0 saturated carbocycles. The van der Waals surface area contributed by atoms with E-state index in [1.165, 1.54) is 10.4 Å². The molecule has 4 heteroatoms. The molecule has 3 rings (SSSR count). The number of ketones is 1. The molecule has 0 amide bonds. The Hall–Kier alpha value is -1.75. The van der Waals surface area contributed by atoms with Crippen LogP contribution in [0.2, 0.25) is 5.04 Å². The molecule has 3 nitrogen and oxygen atoms in total. The molecule has 0 unspecified atom stereocenters. The lowest BCUT2D eigenvalue weighted by Gasteiger charge is -2.43. The van der Waals surface area contributed by atoms with Crippen molar-refractivity contribution in [3.63, 3.8) is 0 Å². The largest absolute Gasteiger partial charge is 0.405 e. The summed E-state index contributed by atoms with van der Waals surface area (Å²) in [6.07, 6.45) is 1.33. The molecule has 0 aliphatic carbocycles. The number of carbonyl (C=O) groups excluding carboxylic acids is 1. The van der Waals surface area contributed by atoms with Crippen LogP contribution in [0.15, 0.2) is 60.7 Å². The van der Waals surface area contributed by atoms with Crippen molar-refractivity contribution in [2.24, 2.45) is 0 Å². The Morgan fingerprint density at radius 3 is 1.96 bits per heavy atom. The fourth-order valence-corrected chi connectivity index (χ4v) is 8.39. The topological polar surface area (TPSA) is 35.5 Å². The van der Waals surface area contributed by atoms with Gasteiger partial charge in [-0.2, -0.15) is 0 Å². The first-order valence-corrected chi connectivity index (χ1v) is 11.2. The summed E-state index contributed by atoms with van der Waals surface area (Å²) in [6.45, 7) is 7.55. The number of hydrogen-bond acceptors (Lipinski definition) is 3. The molecule has 1 aliphatic rings. The molecule has 1 fully saturated rings. The van der Waals surface area contributed by atoms with Crippen LogP contribution in [0.3, 0.4) is 0 Å². The van der Waals surface area contributed by atoms with Crippen LogP contribution in [0.5, 0.6) is 0 Å². The van der Waals surface area contributed by atoms with E-state index in [9.17, 15) is 4.79 Å². The normalized spacial score (nSPS) is 18.7. The molecular weight excluding hydrogens is 340 g/mol. The molecule has 0 radical (unpaired) electrons. The van der Waals surface area contributed by atoms with Crippen LogP contribution >= 0.6 is 0 Å².